The molecule has 7 aromatic rings. The molecule has 0 bridgehead atoms. The molecule has 0 spiro atoms. The van der Waals surface area contributed by atoms with E-state index in [1.807, 2.05) is 42.6 Å². The van der Waals surface area contributed by atoms with Crippen molar-refractivity contribution >= 4 is 32.8 Å². The Labute approximate surface area is 253 Å². The van der Waals surface area contributed by atoms with Gasteiger partial charge in [-0.05, 0) is 51.8 Å². The van der Waals surface area contributed by atoms with E-state index < -0.39 is 0 Å². The number of fused-ring (bicyclic) bond motifs is 3. The minimum absolute atomic E-state index is 0. The summed E-state index contributed by atoms with van der Waals surface area (Å²) in [5.74, 6) is 1.03. The average Bonchev–Trinajstić information content (AvgIpc) is 3.57. The zero-order valence-corrected chi connectivity index (χ0v) is 25.6. The summed E-state index contributed by atoms with van der Waals surface area (Å²) in [4.78, 5) is 14.9. The third-order valence-electron chi connectivity index (χ3n) is 7.79. The summed E-state index contributed by atoms with van der Waals surface area (Å²) in [6.07, 6.45) is 1.87. The summed E-state index contributed by atoms with van der Waals surface area (Å²) in [6, 6.07) is 30.6. The standard InChI is InChI=1S/C35H29N4O.Pt/c1-35(2,3)23-18-22-16-17-36-31(22)27(19-23)34-38-32-25(13-8-14-29(32)39(34)4)28-20-26(21-10-6-5-7-11-21)24-12-9-15-30(40)33(24)37-28;/h5-20H,1-4H3,(H-,36,37,38,40);/q-1;. The fourth-order valence-corrected chi connectivity index (χ4v) is 5.61. The number of aromatic hydroxyl groups is 1. The summed E-state index contributed by atoms with van der Waals surface area (Å²) in [5, 5.41) is 12.8. The second kappa shape index (κ2) is 10.0. The van der Waals surface area contributed by atoms with Crippen LogP contribution in [0.1, 0.15) is 26.3 Å². The molecule has 0 saturated carbocycles. The van der Waals surface area contributed by atoms with E-state index in [1.165, 1.54) is 5.56 Å². The fraction of sp³-hybridized carbons (Fsp3) is 0.143. The van der Waals surface area contributed by atoms with Gasteiger partial charge in [-0.1, -0.05) is 87.5 Å². The third kappa shape index (κ3) is 4.45. The van der Waals surface area contributed by atoms with Crippen LogP contribution in [0.5, 0.6) is 5.75 Å². The topological polar surface area (TPSA) is 65.0 Å². The Hall–Kier alpha value is -4.21. The molecule has 0 atom stereocenters. The number of nitrogens with zero attached hydrogens (tertiary/aromatic N) is 4. The number of phenolic OH excluding ortho intramolecular Hbond substituents is 1. The summed E-state index contributed by atoms with van der Waals surface area (Å²) in [5.41, 5.74) is 9.42. The Kier molecular flexibility index (Phi) is 6.59. The van der Waals surface area contributed by atoms with Crippen LogP contribution >= 0.6 is 0 Å². The quantitative estimate of drug-likeness (QED) is 0.200. The SMILES string of the molecule is Cn1c(-c2cc(C(C)(C)C)cc3cc[n-]c23)nc2c(-c3cc(-c4ccccc4)c4cccc(O)c4n3)cccc21.[Pt]. The minimum atomic E-state index is -0.0131. The van der Waals surface area contributed by atoms with Gasteiger partial charge < -0.3 is 14.7 Å². The Balaban J connectivity index is 0.00000302. The Morgan fingerprint density at radius 2 is 1.54 bits per heavy atom. The summed E-state index contributed by atoms with van der Waals surface area (Å²) < 4.78 is 2.14. The first-order valence-corrected chi connectivity index (χ1v) is 13.5. The van der Waals surface area contributed by atoms with E-state index >= 15 is 0 Å². The van der Waals surface area contributed by atoms with Crippen LogP contribution in [0.25, 0.3) is 66.6 Å². The first-order chi connectivity index (χ1) is 19.3. The Bertz CT molecular complexity index is 2070. The van der Waals surface area contributed by atoms with Crippen molar-refractivity contribution in [1.82, 2.24) is 19.5 Å². The van der Waals surface area contributed by atoms with Gasteiger partial charge in [-0.25, -0.2) is 9.97 Å². The van der Waals surface area contributed by atoms with Crippen molar-refractivity contribution in [2.45, 2.75) is 26.2 Å². The van der Waals surface area contributed by atoms with Crippen LogP contribution in [-0.4, -0.2) is 19.6 Å². The van der Waals surface area contributed by atoms with Gasteiger partial charge in [0.1, 0.15) is 17.1 Å². The number of hydrogen-bond acceptors (Lipinski definition) is 3. The van der Waals surface area contributed by atoms with Gasteiger partial charge in [-0.2, -0.15) is 6.20 Å². The van der Waals surface area contributed by atoms with Crippen LogP contribution in [0.15, 0.2) is 97.2 Å². The molecular weight excluding hydrogens is 687 g/mol. The number of aryl methyl sites for hydroxylation is 1. The predicted octanol–water partition coefficient (Wildman–Crippen LogP) is 8.23. The van der Waals surface area contributed by atoms with E-state index in [9.17, 15) is 5.11 Å². The first kappa shape index (κ1) is 27.0. The van der Waals surface area contributed by atoms with Crippen molar-refractivity contribution in [3.05, 3.63) is 103 Å². The van der Waals surface area contributed by atoms with E-state index in [1.54, 1.807) is 6.07 Å². The second-order valence-corrected chi connectivity index (χ2v) is 11.4. The third-order valence-corrected chi connectivity index (χ3v) is 7.79. The largest absolute Gasteiger partial charge is 0.663 e. The molecule has 1 N–H and O–H groups in total. The number of pyridine rings is 1. The number of benzene rings is 4. The van der Waals surface area contributed by atoms with E-state index in [-0.39, 0.29) is 32.2 Å². The van der Waals surface area contributed by atoms with Gasteiger partial charge in [0.15, 0.2) is 0 Å². The molecule has 0 saturated heterocycles. The normalized spacial score (nSPS) is 11.8. The van der Waals surface area contributed by atoms with Gasteiger partial charge in [0.05, 0.1) is 16.7 Å². The van der Waals surface area contributed by atoms with E-state index in [2.05, 4.69) is 80.9 Å². The number of para-hydroxylation sites is 2. The van der Waals surface area contributed by atoms with E-state index in [0.29, 0.717) is 5.52 Å². The molecule has 0 aliphatic heterocycles. The zero-order valence-electron chi connectivity index (χ0n) is 23.3. The molecule has 0 radical (unpaired) electrons. The van der Waals surface area contributed by atoms with Crippen molar-refractivity contribution in [3.63, 3.8) is 0 Å². The van der Waals surface area contributed by atoms with Gasteiger partial charge in [0.25, 0.3) is 0 Å². The molecule has 0 unspecified atom stereocenters. The van der Waals surface area contributed by atoms with Crippen LogP contribution in [0.2, 0.25) is 0 Å². The maximum absolute atomic E-state index is 10.8. The van der Waals surface area contributed by atoms with Gasteiger partial charge in [-0.3, -0.25) is 0 Å². The number of hydrogen-bond donors (Lipinski definition) is 1. The monoisotopic (exact) mass is 716 g/mol. The maximum atomic E-state index is 10.8. The van der Waals surface area contributed by atoms with Gasteiger partial charge in [0.2, 0.25) is 0 Å². The van der Waals surface area contributed by atoms with Crippen molar-refractivity contribution in [1.29, 1.82) is 0 Å². The molecular formula is C35H29N4OPt-. The number of rotatable bonds is 3. The fourth-order valence-electron chi connectivity index (χ4n) is 5.61. The van der Waals surface area contributed by atoms with Crippen LogP contribution in [-0.2, 0) is 33.5 Å². The van der Waals surface area contributed by atoms with Crippen molar-refractivity contribution < 1.29 is 26.2 Å². The number of phenols is 1. The Morgan fingerprint density at radius 1 is 0.756 bits per heavy atom. The average molecular weight is 717 g/mol. The molecule has 0 amide bonds. The smallest absolute Gasteiger partial charge is 0.141 e. The molecule has 41 heavy (non-hydrogen) atoms. The molecule has 5 nitrogen and oxygen atoms in total. The summed E-state index contributed by atoms with van der Waals surface area (Å²) in [6.45, 7) is 6.69. The second-order valence-electron chi connectivity index (χ2n) is 11.4. The number of imidazole rings is 1. The van der Waals surface area contributed by atoms with Crippen LogP contribution in [0.3, 0.4) is 0 Å². The molecule has 7 rings (SSSR count). The molecule has 6 heteroatoms. The molecule has 4 aromatic carbocycles. The van der Waals surface area contributed by atoms with Crippen molar-refractivity contribution in [2.75, 3.05) is 0 Å². The number of aromatic nitrogens is 4. The van der Waals surface area contributed by atoms with E-state index in [0.717, 1.165) is 61.1 Å². The maximum Gasteiger partial charge on any atom is 0.141 e. The summed E-state index contributed by atoms with van der Waals surface area (Å²) >= 11 is 0. The summed E-state index contributed by atoms with van der Waals surface area (Å²) in [7, 11) is 2.06. The molecule has 0 fully saturated rings. The Morgan fingerprint density at radius 3 is 2.32 bits per heavy atom. The van der Waals surface area contributed by atoms with Crippen LogP contribution < -0.4 is 4.98 Å². The van der Waals surface area contributed by atoms with E-state index in [4.69, 9.17) is 15.0 Å². The molecule has 3 heterocycles. The predicted molar refractivity (Wildman–Crippen MR) is 164 cm³/mol. The molecule has 0 aliphatic carbocycles. The first-order valence-electron chi connectivity index (χ1n) is 13.5. The van der Waals surface area contributed by atoms with Crippen LogP contribution in [0.4, 0.5) is 0 Å². The van der Waals surface area contributed by atoms with Gasteiger partial charge in [-0.15, -0.1) is 5.52 Å². The van der Waals surface area contributed by atoms with Gasteiger partial charge in [0, 0.05) is 44.6 Å². The zero-order chi connectivity index (χ0) is 27.6. The van der Waals surface area contributed by atoms with Gasteiger partial charge >= 0.3 is 0 Å². The molecule has 206 valence electrons. The molecule has 0 aliphatic rings. The van der Waals surface area contributed by atoms with Crippen molar-refractivity contribution in [2.24, 2.45) is 7.05 Å². The minimum Gasteiger partial charge on any atom is -0.663 e. The van der Waals surface area contributed by atoms with Crippen LogP contribution in [0, 0.1) is 0 Å². The van der Waals surface area contributed by atoms with Crippen molar-refractivity contribution in [3.8, 4) is 39.5 Å². The molecule has 3 aromatic heterocycles.